The third kappa shape index (κ3) is 4.88. The van der Waals surface area contributed by atoms with E-state index in [4.69, 9.17) is 0 Å². The van der Waals surface area contributed by atoms with Gasteiger partial charge in [-0.1, -0.05) is 0 Å². The van der Waals surface area contributed by atoms with E-state index in [2.05, 4.69) is 2.17 Å². The summed E-state index contributed by atoms with van der Waals surface area (Å²) in [5.74, 6) is 0. The van der Waals surface area contributed by atoms with Crippen molar-refractivity contribution in [1.82, 2.24) is 0 Å². The maximum absolute atomic E-state index is 9.29. The molecule has 3 nitrogen and oxygen atoms in total. The molecule has 0 spiro atoms. The second-order valence-corrected chi connectivity index (χ2v) is 3.68. The van der Waals surface area contributed by atoms with Crippen molar-refractivity contribution in [2.24, 2.45) is 0 Å². The Morgan fingerprint density at radius 2 is 1.80 bits per heavy atom. The Morgan fingerprint density at radius 3 is 1.80 bits per heavy atom. The Morgan fingerprint density at radius 1 is 1.60 bits per heavy atom. The summed E-state index contributed by atoms with van der Waals surface area (Å²) >= 11 is -2.67. The quantitative estimate of drug-likeness (QED) is 0.661. The molecule has 0 rings (SSSR count). The van der Waals surface area contributed by atoms with Gasteiger partial charge in [0.05, 0.1) is 0 Å². The van der Waals surface area contributed by atoms with Crippen LogP contribution < -0.4 is 0 Å². The van der Waals surface area contributed by atoms with Crippen LogP contribution in [0.3, 0.4) is 0 Å². The summed E-state index contributed by atoms with van der Waals surface area (Å²) in [6, 6.07) is 0. The molecule has 5 heteroatoms. The molecular weight excluding hydrogens is 280 g/mol. The zero-order valence-electron chi connectivity index (χ0n) is 2.12. The predicted molar refractivity (Wildman–Crippen MR) is 2.46 cm³/mol. The van der Waals surface area contributed by atoms with Gasteiger partial charge in [0.1, 0.15) is 0 Å². The number of hydrogen-bond acceptors (Lipinski definition) is 3. The first-order valence-electron chi connectivity index (χ1n) is 0.730. The first kappa shape index (κ1) is 5.88. The van der Waals surface area contributed by atoms with Crippen LogP contribution in [-0.4, -0.2) is 0 Å². The molecule has 0 heterocycles. The van der Waals surface area contributed by atoms with Gasteiger partial charge in [-0.25, -0.2) is 0 Å². The van der Waals surface area contributed by atoms with Crippen molar-refractivity contribution in [2.75, 3.05) is 0 Å². The molecule has 0 aromatic carbocycles. The van der Waals surface area contributed by atoms with Crippen LogP contribution in [0.15, 0.2) is 0 Å². The third-order valence-electron chi connectivity index (χ3n) is 0.0667. The van der Waals surface area contributed by atoms with Gasteiger partial charge in [-0.3, -0.25) is 0 Å². The topological polar surface area (TPSA) is 43.4 Å². The fourth-order valence-electron chi connectivity index (χ4n) is 0. The van der Waals surface area contributed by atoms with Crippen LogP contribution in [0.25, 0.3) is 0 Å². The van der Waals surface area contributed by atoms with E-state index in [1.807, 2.05) is 0 Å². The molecular formula is O3TaV. The monoisotopic (exact) mass is 280 g/mol. The van der Waals surface area contributed by atoms with Crippen molar-refractivity contribution < 1.29 is 46.4 Å². The summed E-state index contributed by atoms with van der Waals surface area (Å²) in [5, 5.41) is 0. The van der Waals surface area contributed by atoms with Crippen LogP contribution in [0, 0.1) is 0 Å². The summed E-state index contributed by atoms with van der Waals surface area (Å²) in [6.07, 6.45) is 0. The summed E-state index contributed by atoms with van der Waals surface area (Å²) in [4.78, 5) is 0. The van der Waals surface area contributed by atoms with Crippen LogP contribution in [0.4, 0.5) is 0 Å². The first-order chi connectivity index (χ1) is 2.27. The van der Waals surface area contributed by atoms with Crippen LogP contribution in [0.5, 0.6) is 0 Å². The number of hydrogen-bond donors (Lipinski definition) is 0. The van der Waals surface area contributed by atoms with Gasteiger partial charge in [0.2, 0.25) is 0 Å². The molecule has 0 bridgehead atoms. The van der Waals surface area contributed by atoms with Crippen molar-refractivity contribution in [2.45, 2.75) is 0 Å². The molecule has 0 aliphatic heterocycles. The molecule has 0 unspecified atom stereocenters. The van der Waals surface area contributed by atoms with Crippen LogP contribution in [0.1, 0.15) is 0 Å². The fourth-order valence-corrected chi connectivity index (χ4v) is 0. The molecule has 0 fully saturated rings. The molecule has 0 aliphatic rings. The van der Waals surface area contributed by atoms with Gasteiger partial charge >= 0.3 is 46.4 Å². The Balaban J connectivity index is 3.23. The van der Waals surface area contributed by atoms with Gasteiger partial charge in [0, 0.05) is 0 Å². The maximum atomic E-state index is 9.29. The molecule has 28 valence electrons. The second-order valence-electron chi connectivity index (χ2n) is 0.305. The average molecular weight is 280 g/mol. The van der Waals surface area contributed by atoms with Crippen molar-refractivity contribution in [3.05, 3.63) is 0 Å². The van der Waals surface area contributed by atoms with Gasteiger partial charge in [0.25, 0.3) is 0 Å². The standard InChI is InChI=1S/3O.Ta.V. The van der Waals surface area contributed by atoms with Gasteiger partial charge in [-0.15, -0.1) is 0 Å². The summed E-state index contributed by atoms with van der Waals surface area (Å²) in [7, 11) is 0. The molecule has 0 N–H and O–H groups in total. The van der Waals surface area contributed by atoms with Crippen LogP contribution in [-0.2, 0) is 46.4 Å². The van der Waals surface area contributed by atoms with Gasteiger partial charge in [-0.2, -0.15) is 0 Å². The molecule has 0 atom stereocenters. The zero-order chi connectivity index (χ0) is 4.28. The molecule has 0 aliphatic carbocycles. The Labute approximate surface area is 46.5 Å². The Bertz CT molecular complexity index is 65.0. The Kier molecular flexibility index (Phi) is 3.64. The van der Waals surface area contributed by atoms with Gasteiger partial charge < -0.3 is 0 Å². The Hall–Kier alpha value is 0.885. The average Bonchev–Trinajstić information content (AvgIpc) is 1.38. The van der Waals surface area contributed by atoms with E-state index in [1.165, 1.54) is 0 Å². The van der Waals surface area contributed by atoms with Crippen molar-refractivity contribution >= 4 is 0 Å². The van der Waals surface area contributed by atoms with Gasteiger partial charge in [-0.05, 0) is 0 Å². The summed E-state index contributed by atoms with van der Waals surface area (Å²) < 4.78 is 22.5. The SMILES string of the molecule is [O]=[V](=[O])[O][Ta]. The van der Waals surface area contributed by atoms with E-state index >= 15 is 0 Å². The second kappa shape index (κ2) is 3.09. The predicted octanol–water partition coefficient (Wildman–Crippen LogP) is -0.311. The molecule has 0 aromatic rings. The molecule has 5 heavy (non-hydrogen) atoms. The van der Waals surface area contributed by atoms with Gasteiger partial charge in [0.15, 0.2) is 0 Å². The van der Waals surface area contributed by atoms with Crippen LogP contribution >= 0.6 is 0 Å². The normalized spacial score (nSPS) is 7.20. The summed E-state index contributed by atoms with van der Waals surface area (Å²) in [6.45, 7) is 0. The van der Waals surface area contributed by atoms with Crippen molar-refractivity contribution in [3.63, 3.8) is 0 Å². The molecule has 0 amide bonds. The van der Waals surface area contributed by atoms with E-state index in [0.717, 1.165) is 0 Å². The van der Waals surface area contributed by atoms with Crippen molar-refractivity contribution in [3.8, 4) is 0 Å². The van der Waals surface area contributed by atoms with E-state index in [9.17, 15) is 7.35 Å². The first-order valence-corrected chi connectivity index (χ1v) is 3.75. The minimum atomic E-state index is -3.15. The molecule has 0 radical (unpaired) electrons. The molecule has 0 aromatic heterocycles. The molecule has 0 saturated carbocycles. The van der Waals surface area contributed by atoms with E-state index in [0.29, 0.717) is 21.5 Å². The summed E-state index contributed by atoms with van der Waals surface area (Å²) in [5.41, 5.74) is 0. The number of rotatable bonds is 1. The van der Waals surface area contributed by atoms with E-state index < -0.39 is 15.4 Å². The minimum absolute atomic E-state index is 0.478. The zero-order valence-corrected chi connectivity index (χ0v) is 6.73. The third-order valence-corrected chi connectivity index (χ3v) is 2.25. The van der Waals surface area contributed by atoms with E-state index in [-0.39, 0.29) is 0 Å². The fraction of sp³-hybridized carbons (Fsp3) is 0. The van der Waals surface area contributed by atoms with Crippen molar-refractivity contribution in [1.29, 1.82) is 0 Å². The molecule has 0 saturated heterocycles. The van der Waals surface area contributed by atoms with E-state index in [1.54, 1.807) is 0 Å². The van der Waals surface area contributed by atoms with Crippen LogP contribution in [0.2, 0.25) is 0 Å².